The number of nitrogens with one attached hydrogen (secondary N) is 1. The lowest BCUT2D eigenvalue weighted by atomic mass is 10.1. The molecule has 0 aliphatic heterocycles. The van der Waals surface area contributed by atoms with Crippen LogP contribution in [0.25, 0.3) is 0 Å². The van der Waals surface area contributed by atoms with Gasteiger partial charge >= 0.3 is 0 Å². The molecule has 1 amide bonds. The van der Waals surface area contributed by atoms with E-state index in [4.69, 9.17) is 17.3 Å². The molecule has 3 N–H and O–H groups in total. The van der Waals surface area contributed by atoms with Crippen LogP contribution in [0.2, 0.25) is 5.02 Å². The van der Waals surface area contributed by atoms with E-state index in [-0.39, 0.29) is 5.91 Å². The van der Waals surface area contributed by atoms with Gasteiger partial charge in [0.15, 0.2) is 0 Å². The Morgan fingerprint density at radius 2 is 2.00 bits per heavy atom. The van der Waals surface area contributed by atoms with Crippen molar-refractivity contribution in [3.05, 3.63) is 64.2 Å². The fourth-order valence-electron chi connectivity index (χ4n) is 1.77. The molecule has 3 nitrogen and oxygen atoms in total. The lowest BCUT2D eigenvalue weighted by Gasteiger charge is -2.08. The van der Waals surface area contributed by atoms with Gasteiger partial charge in [-0.15, -0.1) is 0 Å². The van der Waals surface area contributed by atoms with E-state index < -0.39 is 0 Å². The summed E-state index contributed by atoms with van der Waals surface area (Å²) in [5, 5.41) is 3.32. The summed E-state index contributed by atoms with van der Waals surface area (Å²) < 4.78 is 0. The Labute approximate surface area is 117 Å². The highest BCUT2D eigenvalue weighted by molar-refractivity contribution is 6.33. The van der Waals surface area contributed by atoms with Crippen molar-refractivity contribution in [2.45, 2.75) is 13.5 Å². The van der Waals surface area contributed by atoms with Crippen LogP contribution in [0.3, 0.4) is 0 Å². The molecule has 2 aromatic carbocycles. The molecule has 0 bridgehead atoms. The molecule has 0 radical (unpaired) electrons. The first kappa shape index (κ1) is 13.4. The molecule has 0 atom stereocenters. The summed E-state index contributed by atoms with van der Waals surface area (Å²) in [6, 6.07) is 12.8. The van der Waals surface area contributed by atoms with Crippen molar-refractivity contribution < 1.29 is 4.79 Å². The largest absolute Gasteiger partial charge is 0.398 e. The first-order valence-electron chi connectivity index (χ1n) is 5.95. The van der Waals surface area contributed by atoms with E-state index >= 15 is 0 Å². The van der Waals surface area contributed by atoms with Gasteiger partial charge in [0.25, 0.3) is 5.91 Å². The summed E-state index contributed by atoms with van der Waals surface area (Å²) in [7, 11) is 0. The maximum Gasteiger partial charge on any atom is 0.251 e. The summed E-state index contributed by atoms with van der Waals surface area (Å²) in [6.45, 7) is 2.51. The lowest BCUT2D eigenvalue weighted by molar-refractivity contribution is 0.0951. The van der Waals surface area contributed by atoms with E-state index in [1.54, 1.807) is 18.2 Å². The molecular weight excluding hydrogens is 260 g/mol. The van der Waals surface area contributed by atoms with Crippen LogP contribution in [0.5, 0.6) is 0 Å². The number of halogens is 1. The minimum Gasteiger partial charge on any atom is -0.398 e. The molecule has 2 aromatic rings. The zero-order valence-electron chi connectivity index (χ0n) is 10.6. The van der Waals surface area contributed by atoms with Gasteiger partial charge in [0.2, 0.25) is 0 Å². The third-order valence-corrected chi connectivity index (χ3v) is 3.30. The minimum absolute atomic E-state index is 0.161. The highest BCUT2D eigenvalue weighted by Crippen LogP contribution is 2.19. The fraction of sp³-hybridized carbons (Fsp3) is 0.133. The van der Waals surface area contributed by atoms with Crippen LogP contribution in [-0.4, -0.2) is 5.91 Å². The van der Waals surface area contributed by atoms with Crippen molar-refractivity contribution in [3.63, 3.8) is 0 Å². The van der Waals surface area contributed by atoms with E-state index in [9.17, 15) is 4.79 Å². The van der Waals surface area contributed by atoms with E-state index in [1.165, 1.54) is 0 Å². The molecule has 0 aromatic heterocycles. The Morgan fingerprint density at radius 1 is 1.26 bits per heavy atom. The SMILES string of the molecule is Cc1ccccc1CNC(=O)c1ccc(Cl)c(N)c1. The third-order valence-electron chi connectivity index (χ3n) is 2.96. The standard InChI is InChI=1S/C15H15ClN2O/c1-10-4-2-3-5-12(10)9-18-15(19)11-6-7-13(16)14(17)8-11/h2-8H,9,17H2,1H3,(H,18,19). The van der Waals surface area contributed by atoms with Gasteiger partial charge in [-0.25, -0.2) is 0 Å². The molecule has 98 valence electrons. The van der Waals surface area contributed by atoms with Crippen molar-refractivity contribution in [1.29, 1.82) is 0 Å². The summed E-state index contributed by atoms with van der Waals surface area (Å²) >= 11 is 5.82. The number of hydrogen-bond acceptors (Lipinski definition) is 2. The summed E-state index contributed by atoms with van der Waals surface area (Å²) in [5.74, 6) is -0.161. The Kier molecular flexibility index (Phi) is 4.07. The van der Waals surface area contributed by atoms with Crippen molar-refractivity contribution in [2.75, 3.05) is 5.73 Å². The van der Waals surface area contributed by atoms with Gasteiger partial charge in [-0.1, -0.05) is 35.9 Å². The number of anilines is 1. The molecule has 0 aliphatic carbocycles. The molecule has 0 aliphatic rings. The van der Waals surface area contributed by atoms with E-state index in [1.807, 2.05) is 31.2 Å². The summed E-state index contributed by atoms with van der Waals surface area (Å²) in [6.07, 6.45) is 0. The smallest absolute Gasteiger partial charge is 0.251 e. The molecule has 0 saturated heterocycles. The van der Waals surface area contributed by atoms with Crippen LogP contribution in [-0.2, 0) is 6.54 Å². The Balaban J connectivity index is 2.05. The second-order valence-electron chi connectivity index (χ2n) is 4.35. The van der Waals surface area contributed by atoms with Gasteiger partial charge < -0.3 is 11.1 Å². The van der Waals surface area contributed by atoms with E-state index in [0.717, 1.165) is 11.1 Å². The number of aryl methyl sites for hydroxylation is 1. The third kappa shape index (κ3) is 3.26. The van der Waals surface area contributed by atoms with Crippen LogP contribution in [0.4, 0.5) is 5.69 Å². The number of nitrogen functional groups attached to an aromatic ring is 1. The number of amides is 1. The minimum atomic E-state index is -0.161. The molecular formula is C15H15ClN2O. The van der Waals surface area contributed by atoms with Gasteiger partial charge in [0.1, 0.15) is 0 Å². The molecule has 2 rings (SSSR count). The summed E-state index contributed by atoms with van der Waals surface area (Å²) in [4.78, 5) is 12.0. The van der Waals surface area contributed by atoms with Gasteiger partial charge in [0.05, 0.1) is 10.7 Å². The van der Waals surface area contributed by atoms with Crippen LogP contribution in [0.1, 0.15) is 21.5 Å². The lowest BCUT2D eigenvalue weighted by Crippen LogP contribution is -2.23. The predicted octanol–water partition coefficient (Wildman–Crippen LogP) is 3.16. The first-order valence-corrected chi connectivity index (χ1v) is 6.33. The van der Waals surface area contributed by atoms with Gasteiger partial charge in [0, 0.05) is 12.1 Å². The predicted molar refractivity (Wildman–Crippen MR) is 78.2 cm³/mol. The Morgan fingerprint density at radius 3 is 2.68 bits per heavy atom. The Hall–Kier alpha value is -2.00. The monoisotopic (exact) mass is 274 g/mol. The molecule has 0 fully saturated rings. The molecule has 0 spiro atoms. The van der Waals surface area contributed by atoms with E-state index in [2.05, 4.69) is 5.32 Å². The van der Waals surface area contributed by atoms with Crippen molar-refractivity contribution in [1.82, 2.24) is 5.32 Å². The maximum atomic E-state index is 12.0. The number of benzene rings is 2. The van der Waals surface area contributed by atoms with Crippen molar-refractivity contribution in [2.24, 2.45) is 0 Å². The number of rotatable bonds is 3. The van der Waals surface area contributed by atoms with Crippen molar-refractivity contribution >= 4 is 23.2 Å². The summed E-state index contributed by atoms with van der Waals surface area (Å²) in [5.41, 5.74) is 8.84. The van der Waals surface area contributed by atoms with Gasteiger partial charge in [-0.2, -0.15) is 0 Å². The number of nitrogens with two attached hydrogens (primary N) is 1. The van der Waals surface area contributed by atoms with Crippen molar-refractivity contribution in [3.8, 4) is 0 Å². The first-order chi connectivity index (χ1) is 9.08. The quantitative estimate of drug-likeness (QED) is 0.845. The van der Waals surface area contributed by atoms with Gasteiger partial charge in [-0.3, -0.25) is 4.79 Å². The number of carbonyl (C=O) groups is 1. The number of carbonyl (C=O) groups excluding carboxylic acids is 1. The average molecular weight is 275 g/mol. The normalized spacial score (nSPS) is 10.2. The number of hydrogen-bond donors (Lipinski definition) is 2. The second-order valence-corrected chi connectivity index (χ2v) is 4.75. The van der Waals surface area contributed by atoms with Crippen LogP contribution in [0.15, 0.2) is 42.5 Å². The molecule has 4 heteroatoms. The average Bonchev–Trinajstić information content (AvgIpc) is 2.40. The van der Waals surface area contributed by atoms with Crippen LogP contribution in [0, 0.1) is 6.92 Å². The Bertz CT molecular complexity index is 611. The fourth-order valence-corrected chi connectivity index (χ4v) is 1.89. The topological polar surface area (TPSA) is 55.1 Å². The van der Waals surface area contributed by atoms with E-state index in [0.29, 0.717) is 22.8 Å². The van der Waals surface area contributed by atoms with Crippen LogP contribution >= 0.6 is 11.6 Å². The molecule has 0 unspecified atom stereocenters. The highest BCUT2D eigenvalue weighted by Gasteiger charge is 2.07. The molecule has 0 heterocycles. The maximum absolute atomic E-state index is 12.0. The van der Waals surface area contributed by atoms with Crippen LogP contribution < -0.4 is 11.1 Å². The highest BCUT2D eigenvalue weighted by atomic mass is 35.5. The second kappa shape index (κ2) is 5.76. The zero-order chi connectivity index (χ0) is 13.8. The van der Waals surface area contributed by atoms with Gasteiger partial charge in [-0.05, 0) is 36.2 Å². The molecule has 19 heavy (non-hydrogen) atoms. The zero-order valence-corrected chi connectivity index (χ0v) is 11.4. The molecule has 0 saturated carbocycles.